The molecule has 0 aliphatic carbocycles. The minimum absolute atomic E-state index is 1.00. The average molecular weight is 324 g/mol. The van der Waals surface area contributed by atoms with Gasteiger partial charge in [0.05, 0.1) is 0 Å². The van der Waals surface area contributed by atoms with Crippen LogP contribution in [0, 0.1) is 0 Å². The first-order valence-electron chi connectivity index (χ1n) is 1.51. The molecule has 0 heterocycles. The second-order valence-corrected chi connectivity index (χ2v) is 2.86. The van der Waals surface area contributed by atoms with Crippen LogP contribution in [-0.2, 0) is 18.2 Å². The quantitative estimate of drug-likeness (QED) is 0.650. The molecule has 7 heteroatoms. The van der Waals surface area contributed by atoms with E-state index in [9.17, 15) is 12.6 Å². The Morgan fingerprint density at radius 3 is 0.778 bits per heavy atom. The van der Waals surface area contributed by atoms with E-state index in [0.29, 0.717) is 0 Å². The molecule has 0 atom stereocenters. The number of halogens is 4. The standard InChI is InChI=1S/2CH4O.4FH.W/c2*1-2;;;;;/h2*2H,1H3;4*1H;/q;;;;;;+4/p-4. The SMILES string of the molecule is CO.CO.[F][W]([F])([F])[F]. The average Bonchev–Trinajstić information content (AvgIpc) is 1.72. The van der Waals surface area contributed by atoms with Crippen LogP contribution in [0.3, 0.4) is 0 Å². The third kappa shape index (κ3) is 3090. The summed E-state index contributed by atoms with van der Waals surface area (Å²) in [5.74, 6) is 0. The van der Waals surface area contributed by atoms with Crippen molar-refractivity contribution in [2.24, 2.45) is 0 Å². The molecule has 0 unspecified atom stereocenters. The van der Waals surface area contributed by atoms with Crippen molar-refractivity contribution in [1.29, 1.82) is 0 Å². The van der Waals surface area contributed by atoms with E-state index in [0.717, 1.165) is 14.2 Å². The van der Waals surface area contributed by atoms with E-state index >= 15 is 0 Å². The summed E-state index contributed by atoms with van der Waals surface area (Å²) >= 11 is -7.17. The molecular formula is C2H8F4O2W. The van der Waals surface area contributed by atoms with Crippen molar-refractivity contribution < 1.29 is 41.0 Å². The molecule has 2 nitrogen and oxygen atoms in total. The number of aliphatic hydroxyl groups excluding tert-OH is 2. The molecule has 9 heavy (non-hydrogen) atoms. The summed E-state index contributed by atoms with van der Waals surface area (Å²) in [5, 5.41) is 14.0. The van der Waals surface area contributed by atoms with Crippen LogP contribution in [0.25, 0.3) is 0 Å². The summed E-state index contributed by atoms with van der Waals surface area (Å²) in [6.07, 6.45) is 0. The van der Waals surface area contributed by atoms with Crippen molar-refractivity contribution in [2.75, 3.05) is 14.2 Å². The van der Waals surface area contributed by atoms with E-state index in [-0.39, 0.29) is 0 Å². The molecule has 0 amide bonds. The Labute approximate surface area is 55.9 Å². The van der Waals surface area contributed by atoms with Crippen molar-refractivity contribution in [3.63, 3.8) is 0 Å². The molecule has 0 spiro atoms. The van der Waals surface area contributed by atoms with Crippen molar-refractivity contribution in [3.05, 3.63) is 0 Å². The van der Waals surface area contributed by atoms with Crippen molar-refractivity contribution in [1.82, 2.24) is 0 Å². The van der Waals surface area contributed by atoms with Gasteiger partial charge in [-0.15, -0.1) is 0 Å². The Kier molecular flexibility index (Phi) is 20.0. The van der Waals surface area contributed by atoms with E-state index in [2.05, 4.69) is 0 Å². The molecule has 0 aromatic heterocycles. The van der Waals surface area contributed by atoms with Gasteiger partial charge in [0.2, 0.25) is 0 Å². The van der Waals surface area contributed by atoms with Gasteiger partial charge in [-0.2, -0.15) is 0 Å². The molecule has 0 rings (SSSR count). The molecule has 0 saturated carbocycles. The van der Waals surface area contributed by atoms with E-state index in [1.54, 1.807) is 0 Å². The third-order valence-electron chi connectivity index (χ3n) is 0. The summed E-state index contributed by atoms with van der Waals surface area (Å²) in [6.45, 7) is 0. The second-order valence-electron chi connectivity index (χ2n) is 0.350. The van der Waals surface area contributed by atoms with Crippen LogP contribution in [0.15, 0.2) is 0 Å². The van der Waals surface area contributed by atoms with Crippen LogP contribution < -0.4 is 0 Å². The second kappa shape index (κ2) is 11.2. The van der Waals surface area contributed by atoms with E-state index < -0.39 is 18.2 Å². The molecule has 0 bridgehead atoms. The Morgan fingerprint density at radius 1 is 0.778 bits per heavy atom. The monoisotopic (exact) mass is 324 g/mol. The molecule has 0 saturated heterocycles. The molecule has 0 aliphatic heterocycles. The summed E-state index contributed by atoms with van der Waals surface area (Å²) in [4.78, 5) is 0. The Balaban J connectivity index is -0.0000000771. The van der Waals surface area contributed by atoms with Gasteiger partial charge in [0.1, 0.15) is 0 Å². The van der Waals surface area contributed by atoms with Gasteiger partial charge in [-0.1, -0.05) is 0 Å². The Bertz CT molecular complexity index is 32.0. The topological polar surface area (TPSA) is 40.5 Å². The summed E-state index contributed by atoms with van der Waals surface area (Å²) < 4.78 is 39.6. The van der Waals surface area contributed by atoms with E-state index in [4.69, 9.17) is 10.2 Å². The van der Waals surface area contributed by atoms with Crippen LogP contribution in [0.2, 0.25) is 0 Å². The van der Waals surface area contributed by atoms with Crippen LogP contribution in [0.1, 0.15) is 0 Å². The molecule has 0 aromatic carbocycles. The zero-order valence-electron chi connectivity index (χ0n) is 4.81. The first-order valence-corrected chi connectivity index (χ1v) is 5.95. The van der Waals surface area contributed by atoms with E-state index in [1.165, 1.54) is 0 Å². The number of rotatable bonds is 0. The minimum atomic E-state index is -7.17. The van der Waals surface area contributed by atoms with Crippen LogP contribution in [-0.4, -0.2) is 24.4 Å². The fraction of sp³-hybridized carbons (Fsp3) is 1.00. The summed E-state index contributed by atoms with van der Waals surface area (Å²) in [6, 6.07) is 0. The zero-order chi connectivity index (χ0) is 8.50. The van der Waals surface area contributed by atoms with Crippen LogP contribution >= 0.6 is 0 Å². The van der Waals surface area contributed by atoms with Gasteiger partial charge in [-0.25, -0.2) is 0 Å². The van der Waals surface area contributed by atoms with Gasteiger partial charge < -0.3 is 10.2 Å². The number of aliphatic hydroxyl groups is 2. The van der Waals surface area contributed by atoms with E-state index in [1.807, 2.05) is 0 Å². The maximum atomic E-state index is 9.90. The molecule has 62 valence electrons. The Morgan fingerprint density at radius 2 is 0.778 bits per heavy atom. The molecule has 0 aliphatic rings. The third-order valence-corrected chi connectivity index (χ3v) is 0. The van der Waals surface area contributed by atoms with Gasteiger partial charge in [0.25, 0.3) is 0 Å². The fourth-order valence-corrected chi connectivity index (χ4v) is 0. The van der Waals surface area contributed by atoms with Crippen molar-refractivity contribution in [2.45, 2.75) is 0 Å². The van der Waals surface area contributed by atoms with Crippen molar-refractivity contribution in [3.8, 4) is 0 Å². The zero-order valence-corrected chi connectivity index (χ0v) is 7.75. The van der Waals surface area contributed by atoms with Crippen molar-refractivity contribution >= 4 is 0 Å². The number of hydrogen-bond acceptors (Lipinski definition) is 2. The molecule has 0 radical (unpaired) electrons. The molecule has 0 fully saturated rings. The number of hydrogen-bond donors (Lipinski definition) is 2. The predicted octanol–water partition coefficient (Wildman–Crippen LogP) is 0.895. The molecule has 2 N–H and O–H groups in total. The molecule has 0 aromatic rings. The van der Waals surface area contributed by atoms with Gasteiger partial charge in [0.15, 0.2) is 0 Å². The fourth-order valence-electron chi connectivity index (χ4n) is 0. The normalized spacial score (nSPS) is 9.78. The van der Waals surface area contributed by atoms with Gasteiger partial charge >= 0.3 is 30.8 Å². The molecular weight excluding hydrogens is 316 g/mol. The predicted molar refractivity (Wildman–Crippen MR) is 20.7 cm³/mol. The van der Waals surface area contributed by atoms with Crippen LogP contribution in [0.5, 0.6) is 0 Å². The van der Waals surface area contributed by atoms with Gasteiger partial charge in [-0.3, -0.25) is 0 Å². The first-order chi connectivity index (χ1) is 4.00. The first kappa shape index (κ1) is 16.2. The summed E-state index contributed by atoms with van der Waals surface area (Å²) in [5.41, 5.74) is 0. The van der Waals surface area contributed by atoms with Gasteiger partial charge in [0, 0.05) is 14.2 Å². The Hall–Kier alpha value is 0.328. The van der Waals surface area contributed by atoms with Gasteiger partial charge in [-0.05, 0) is 0 Å². The summed E-state index contributed by atoms with van der Waals surface area (Å²) in [7, 11) is 2.00. The maximum absolute atomic E-state index is 9.90. The van der Waals surface area contributed by atoms with Crippen LogP contribution in [0.4, 0.5) is 12.6 Å².